The van der Waals surface area contributed by atoms with Crippen LogP contribution < -0.4 is 15.9 Å². The average molecular weight is 336 g/mol. The Labute approximate surface area is 142 Å². The van der Waals surface area contributed by atoms with E-state index in [0.29, 0.717) is 28.8 Å². The zero-order valence-electron chi connectivity index (χ0n) is 13.6. The van der Waals surface area contributed by atoms with Crippen molar-refractivity contribution < 1.29 is 9.59 Å². The van der Waals surface area contributed by atoms with Crippen LogP contribution in [0.3, 0.4) is 0 Å². The van der Waals surface area contributed by atoms with Crippen LogP contribution in [0.15, 0.2) is 41.2 Å². The van der Waals surface area contributed by atoms with Crippen LogP contribution in [0.2, 0.25) is 0 Å². The van der Waals surface area contributed by atoms with Crippen molar-refractivity contribution in [2.45, 2.75) is 13.3 Å². The molecule has 25 heavy (non-hydrogen) atoms. The van der Waals surface area contributed by atoms with Gasteiger partial charge < -0.3 is 20.2 Å². The summed E-state index contributed by atoms with van der Waals surface area (Å²) < 4.78 is 0. The summed E-state index contributed by atoms with van der Waals surface area (Å²) in [6, 6.07) is 10.5. The first kappa shape index (κ1) is 15.2. The van der Waals surface area contributed by atoms with Gasteiger partial charge in [0, 0.05) is 30.4 Å². The minimum atomic E-state index is -0.285. The number of H-pyrrole nitrogens is 2. The van der Waals surface area contributed by atoms with Gasteiger partial charge in [-0.3, -0.25) is 9.59 Å². The van der Waals surface area contributed by atoms with E-state index in [-0.39, 0.29) is 17.5 Å². The summed E-state index contributed by atoms with van der Waals surface area (Å²) in [5.74, 6) is -0.231. The number of hydrogen-bond donors (Lipinski definition) is 3. The minimum Gasteiger partial charge on any atom is -0.322 e. The maximum Gasteiger partial charge on any atom is 0.323 e. The van der Waals surface area contributed by atoms with Gasteiger partial charge in [0.1, 0.15) is 0 Å². The molecule has 0 atom stereocenters. The van der Waals surface area contributed by atoms with Gasteiger partial charge >= 0.3 is 5.69 Å². The number of aromatic nitrogens is 2. The number of carbonyl (C=O) groups excluding carboxylic acids is 2. The Bertz CT molecular complexity index is 1060. The molecule has 0 spiro atoms. The van der Waals surface area contributed by atoms with Crippen molar-refractivity contribution in [2.24, 2.45) is 0 Å². The molecular formula is C18H16N4O3. The molecule has 0 unspecified atom stereocenters. The Morgan fingerprint density at radius 3 is 2.68 bits per heavy atom. The molecule has 2 heterocycles. The first-order valence-electron chi connectivity index (χ1n) is 7.96. The predicted octanol–water partition coefficient (Wildman–Crippen LogP) is 2.02. The number of carbonyl (C=O) groups is 2. The summed E-state index contributed by atoms with van der Waals surface area (Å²) in [4.78, 5) is 42.4. The normalized spacial score (nSPS) is 13.1. The third-order valence-electron chi connectivity index (χ3n) is 4.39. The number of imidazole rings is 1. The summed E-state index contributed by atoms with van der Waals surface area (Å²) in [7, 11) is 0. The van der Waals surface area contributed by atoms with E-state index in [0.717, 1.165) is 17.7 Å². The SMILES string of the molecule is CC(=O)N1CCc2cc(C(=O)Nc3ccc4[nH]c(=O)[nH]c4c3)ccc21. The fraction of sp³-hybridized carbons (Fsp3) is 0.167. The first-order chi connectivity index (χ1) is 12.0. The Morgan fingerprint density at radius 1 is 1.08 bits per heavy atom. The molecule has 2 amide bonds. The molecule has 0 radical (unpaired) electrons. The highest BCUT2D eigenvalue weighted by Crippen LogP contribution is 2.29. The van der Waals surface area contributed by atoms with Crippen LogP contribution in [0.25, 0.3) is 11.0 Å². The molecule has 1 aliphatic rings. The fourth-order valence-electron chi connectivity index (χ4n) is 3.18. The summed E-state index contributed by atoms with van der Waals surface area (Å²) in [5, 5.41) is 2.83. The Hall–Kier alpha value is -3.35. The molecule has 1 aromatic heterocycles. The maximum absolute atomic E-state index is 12.5. The quantitative estimate of drug-likeness (QED) is 0.668. The third kappa shape index (κ3) is 2.69. The van der Waals surface area contributed by atoms with Crippen LogP contribution in [0.5, 0.6) is 0 Å². The topological polar surface area (TPSA) is 98.1 Å². The standard InChI is InChI=1S/C18H16N4O3/c1-10(23)22-7-6-11-8-12(2-5-16(11)22)17(24)19-13-3-4-14-15(9-13)21-18(25)20-14/h2-5,8-9H,6-7H2,1H3,(H,19,24)(H2,20,21,25). The van der Waals surface area contributed by atoms with Crippen LogP contribution in [-0.4, -0.2) is 28.3 Å². The highest BCUT2D eigenvalue weighted by Gasteiger charge is 2.23. The number of anilines is 2. The van der Waals surface area contributed by atoms with E-state index in [2.05, 4.69) is 15.3 Å². The van der Waals surface area contributed by atoms with Gasteiger partial charge in [-0.15, -0.1) is 0 Å². The van der Waals surface area contributed by atoms with Crippen LogP contribution >= 0.6 is 0 Å². The monoisotopic (exact) mass is 336 g/mol. The van der Waals surface area contributed by atoms with Crippen molar-refractivity contribution in [3.8, 4) is 0 Å². The zero-order chi connectivity index (χ0) is 17.6. The minimum absolute atomic E-state index is 0.00440. The molecular weight excluding hydrogens is 320 g/mol. The smallest absolute Gasteiger partial charge is 0.322 e. The predicted molar refractivity (Wildman–Crippen MR) is 95.0 cm³/mol. The van der Waals surface area contributed by atoms with Gasteiger partial charge in [-0.25, -0.2) is 4.79 Å². The molecule has 0 saturated heterocycles. The molecule has 1 aliphatic heterocycles. The van der Waals surface area contributed by atoms with Crippen LogP contribution in [0.4, 0.5) is 11.4 Å². The molecule has 0 aliphatic carbocycles. The van der Waals surface area contributed by atoms with E-state index in [4.69, 9.17) is 0 Å². The Morgan fingerprint density at radius 2 is 1.88 bits per heavy atom. The third-order valence-corrected chi connectivity index (χ3v) is 4.39. The highest BCUT2D eigenvalue weighted by atomic mass is 16.2. The van der Waals surface area contributed by atoms with Crippen molar-refractivity contribution >= 4 is 34.2 Å². The molecule has 2 aromatic carbocycles. The molecule has 0 fully saturated rings. The second kappa shape index (κ2) is 5.62. The largest absolute Gasteiger partial charge is 0.323 e. The Kier molecular flexibility index (Phi) is 3.42. The van der Waals surface area contributed by atoms with Crippen molar-refractivity contribution in [3.63, 3.8) is 0 Å². The first-order valence-corrected chi connectivity index (χ1v) is 7.96. The second-order valence-corrected chi connectivity index (χ2v) is 6.06. The lowest BCUT2D eigenvalue weighted by Crippen LogP contribution is -2.25. The number of nitrogens with zero attached hydrogens (tertiary/aromatic N) is 1. The van der Waals surface area contributed by atoms with Gasteiger partial charge in [0.05, 0.1) is 11.0 Å². The number of hydrogen-bond acceptors (Lipinski definition) is 3. The summed E-state index contributed by atoms with van der Waals surface area (Å²) in [6.07, 6.45) is 0.743. The number of benzene rings is 2. The molecule has 3 aromatic rings. The lowest BCUT2D eigenvalue weighted by atomic mass is 10.1. The van der Waals surface area contributed by atoms with Crippen molar-refractivity contribution in [3.05, 3.63) is 58.0 Å². The van der Waals surface area contributed by atoms with Crippen molar-refractivity contribution in [1.82, 2.24) is 9.97 Å². The molecule has 7 nitrogen and oxygen atoms in total. The van der Waals surface area contributed by atoms with Crippen LogP contribution in [0, 0.1) is 0 Å². The average Bonchev–Trinajstić information content (AvgIpc) is 3.15. The van der Waals surface area contributed by atoms with E-state index < -0.39 is 0 Å². The highest BCUT2D eigenvalue weighted by molar-refractivity contribution is 6.06. The van der Waals surface area contributed by atoms with Gasteiger partial charge in [-0.2, -0.15) is 0 Å². The van der Waals surface area contributed by atoms with Crippen LogP contribution in [0.1, 0.15) is 22.8 Å². The lowest BCUT2D eigenvalue weighted by Gasteiger charge is -2.14. The maximum atomic E-state index is 12.5. The fourth-order valence-corrected chi connectivity index (χ4v) is 3.18. The summed E-state index contributed by atoms with van der Waals surface area (Å²) in [5.41, 5.74) is 4.03. The van der Waals surface area contributed by atoms with Gasteiger partial charge in [-0.1, -0.05) is 0 Å². The molecule has 126 valence electrons. The molecule has 0 saturated carbocycles. The lowest BCUT2D eigenvalue weighted by molar-refractivity contribution is -0.116. The van der Waals surface area contributed by atoms with Gasteiger partial charge in [-0.05, 0) is 48.4 Å². The summed E-state index contributed by atoms with van der Waals surface area (Å²) >= 11 is 0. The van der Waals surface area contributed by atoms with E-state index in [9.17, 15) is 14.4 Å². The number of fused-ring (bicyclic) bond motifs is 2. The van der Waals surface area contributed by atoms with E-state index in [1.54, 1.807) is 29.2 Å². The van der Waals surface area contributed by atoms with Gasteiger partial charge in [0.15, 0.2) is 0 Å². The number of aromatic amines is 2. The van der Waals surface area contributed by atoms with Gasteiger partial charge in [0.2, 0.25) is 5.91 Å². The Balaban J connectivity index is 1.58. The van der Waals surface area contributed by atoms with E-state index in [1.165, 1.54) is 6.92 Å². The molecule has 4 rings (SSSR count). The van der Waals surface area contributed by atoms with E-state index >= 15 is 0 Å². The second-order valence-electron chi connectivity index (χ2n) is 6.06. The number of nitrogens with one attached hydrogen (secondary N) is 3. The number of amides is 2. The van der Waals surface area contributed by atoms with E-state index in [1.807, 2.05) is 12.1 Å². The molecule has 0 bridgehead atoms. The van der Waals surface area contributed by atoms with Crippen molar-refractivity contribution in [2.75, 3.05) is 16.8 Å². The number of rotatable bonds is 2. The van der Waals surface area contributed by atoms with Gasteiger partial charge in [0.25, 0.3) is 5.91 Å². The molecule has 3 N–H and O–H groups in total. The molecule has 7 heteroatoms. The summed E-state index contributed by atoms with van der Waals surface area (Å²) in [6.45, 7) is 2.18. The zero-order valence-corrected chi connectivity index (χ0v) is 13.6. The van der Waals surface area contributed by atoms with Crippen LogP contribution in [-0.2, 0) is 11.2 Å². The van der Waals surface area contributed by atoms with Crippen molar-refractivity contribution in [1.29, 1.82) is 0 Å².